The molecule has 0 saturated carbocycles. The van der Waals surface area contributed by atoms with Gasteiger partial charge in [-0.25, -0.2) is 22.5 Å². The van der Waals surface area contributed by atoms with Crippen LogP contribution >= 0.6 is 0 Å². The number of aromatic nitrogens is 2. The summed E-state index contributed by atoms with van der Waals surface area (Å²) in [6.07, 6.45) is -8.56. The second-order valence-corrected chi connectivity index (χ2v) is 10.1. The van der Waals surface area contributed by atoms with Gasteiger partial charge in [-0.3, -0.25) is 14.2 Å². The Labute approximate surface area is 222 Å². The van der Waals surface area contributed by atoms with Crippen molar-refractivity contribution in [3.8, 4) is 0 Å². The van der Waals surface area contributed by atoms with Crippen molar-refractivity contribution in [2.24, 2.45) is 11.8 Å². The monoisotopic (exact) mass is 578 g/mol. The maximum atomic E-state index is 15.3. The number of nitrogens with one attached hydrogen (secondary N) is 1. The summed E-state index contributed by atoms with van der Waals surface area (Å²) in [4.78, 5) is 31.3. The molecule has 2 aliphatic rings. The standard InChI is InChI=1S/C25H25F7N4O4/c1-9(2)21(25(30,31)32)33-24(40)12-6-36(19-14(27)5-13(26)10(3)18(19)29)22-11(20(12)39)4-15(28)23(34-22)35-7-16(37)17(38)8-35/h4-6,9-10,13,16-17,21,37-38H,7-8H2,1-3H3,(H,33,40)/t10?,13?,16-,17+,21?. The average molecular weight is 578 g/mol. The van der Waals surface area contributed by atoms with Crippen molar-refractivity contribution < 1.29 is 45.7 Å². The SMILES string of the molecule is CC(C)C(NC(=O)c1cn(C2=C(F)C(C)C(F)C=C2F)c2nc(N3C[C@@H](O)[C@@H](O)C3)c(F)cc2c1=O)C(F)(F)F. The lowest BCUT2D eigenvalue weighted by atomic mass is 9.96. The van der Waals surface area contributed by atoms with E-state index in [1.165, 1.54) is 13.8 Å². The fourth-order valence-corrected chi connectivity index (χ4v) is 4.62. The van der Waals surface area contributed by atoms with Crippen LogP contribution in [0.5, 0.6) is 0 Å². The van der Waals surface area contributed by atoms with Gasteiger partial charge in [-0.1, -0.05) is 20.8 Å². The van der Waals surface area contributed by atoms with E-state index < -0.39 is 99.4 Å². The van der Waals surface area contributed by atoms with Crippen molar-refractivity contribution in [2.45, 2.75) is 51.4 Å². The molecule has 0 spiro atoms. The Balaban J connectivity index is 1.98. The Morgan fingerprint density at radius 1 is 1.15 bits per heavy atom. The second-order valence-electron chi connectivity index (χ2n) is 10.1. The highest BCUT2D eigenvalue weighted by atomic mass is 19.4. The van der Waals surface area contributed by atoms with Gasteiger partial charge in [-0.05, 0) is 18.1 Å². The first-order valence-corrected chi connectivity index (χ1v) is 12.2. The summed E-state index contributed by atoms with van der Waals surface area (Å²) >= 11 is 0. The number of amides is 1. The molecule has 0 aromatic carbocycles. The van der Waals surface area contributed by atoms with Crippen LogP contribution in [0.25, 0.3) is 16.7 Å². The topological polar surface area (TPSA) is 108 Å². The molecule has 1 amide bonds. The number of rotatable bonds is 5. The van der Waals surface area contributed by atoms with Crippen molar-refractivity contribution in [1.82, 2.24) is 14.9 Å². The van der Waals surface area contributed by atoms with Gasteiger partial charge >= 0.3 is 6.18 Å². The van der Waals surface area contributed by atoms with Gasteiger partial charge in [-0.2, -0.15) is 13.2 Å². The number of aliphatic hydroxyl groups is 2. The fourth-order valence-electron chi connectivity index (χ4n) is 4.62. The van der Waals surface area contributed by atoms with Gasteiger partial charge in [0, 0.05) is 25.2 Å². The second kappa shape index (κ2) is 10.5. The van der Waals surface area contributed by atoms with Gasteiger partial charge in [0.05, 0.1) is 17.6 Å². The zero-order valence-electron chi connectivity index (χ0n) is 21.3. The summed E-state index contributed by atoms with van der Waals surface area (Å²) < 4.78 is 101. The summed E-state index contributed by atoms with van der Waals surface area (Å²) in [5, 5.41) is 20.7. The third-order valence-electron chi connectivity index (χ3n) is 6.90. The van der Waals surface area contributed by atoms with Crippen LogP contribution in [-0.4, -0.2) is 69.4 Å². The maximum absolute atomic E-state index is 15.3. The number of pyridine rings is 2. The molecule has 3 unspecified atom stereocenters. The molecule has 0 bridgehead atoms. The highest BCUT2D eigenvalue weighted by molar-refractivity contribution is 5.98. The Kier molecular flexibility index (Phi) is 7.75. The lowest BCUT2D eigenvalue weighted by molar-refractivity contribution is -0.162. The Morgan fingerprint density at radius 2 is 1.75 bits per heavy atom. The Bertz CT molecular complexity index is 1460. The van der Waals surface area contributed by atoms with Crippen LogP contribution in [0, 0.1) is 17.7 Å². The largest absolute Gasteiger partial charge is 0.408 e. The van der Waals surface area contributed by atoms with Crippen LogP contribution in [0.4, 0.5) is 36.6 Å². The van der Waals surface area contributed by atoms with Crippen molar-refractivity contribution in [1.29, 1.82) is 0 Å². The van der Waals surface area contributed by atoms with Crippen molar-refractivity contribution in [2.75, 3.05) is 18.0 Å². The van der Waals surface area contributed by atoms with E-state index in [1.807, 2.05) is 0 Å². The molecule has 2 aromatic rings. The smallest absolute Gasteiger partial charge is 0.389 e. The van der Waals surface area contributed by atoms with Crippen molar-refractivity contribution in [3.63, 3.8) is 0 Å². The molecule has 2 aromatic heterocycles. The predicted octanol–water partition coefficient (Wildman–Crippen LogP) is 3.37. The van der Waals surface area contributed by atoms with Crippen LogP contribution in [0.15, 0.2) is 34.8 Å². The Morgan fingerprint density at radius 3 is 2.30 bits per heavy atom. The highest BCUT2D eigenvalue weighted by Crippen LogP contribution is 2.38. The number of alkyl halides is 4. The van der Waals surface area contributed by atoms with E-state index >= 15 is 13.2 Å². The maximum Gasteiger partial charge on any atom is 0.408 e. The van der Waals surface area contributed by atoms with Gasteiger partial charge in [-0.15, -0.1) is 0 Å². The zero-order chi connectivity index (χ0) is 29.8. The van der Waals surface area contributed by atoms with E-state index in [0.29, 0.717) is 22.9 Å². The summed E-state index contributed by atoms with van der Waals surface area (Å²) in [5.41, 5.74) is -3.89. The van der Waals surface area contributed by atoms with E-state index in [2.05, 4.69) is 4.98 Å². The molecule has 1 saturated heterocycles. The molecular formula is C25H25F7N4O4. The normalized spacial score (nSPS) is 24.6. The first-order valence-electron chi connectivity index (χ1n) is 12.2. The number of anilines is 1. The molecule has 5 atom stereocenters. The summed E-state index contributed by atoms with van der Waals surface area (Å²) in [5.74, 6) is -8.78. The van der Waals surface area contributed by atoms with Crippen molar-refractivity contribution >= 4 is 28.5 Å². The number of β-amino-alcohol motifs (C(OH)–C–C–N with tert-alkyl or cyclic N) is 2. The number of carbonyl (C=O) groups is 1. The first kappa shape index (κ1) is 29.5. The van der Waals surface area contributed by atoms with Crippen LogP contribution in [0.2, 0.25) is 0 Å². The minimum absolute atomic E-state index is 0.290. The quantitative estimate of drug-likeness (QED) is 0.470. The molecule has 1 fully saturated rings. The first-order chi connectivity index (χ1) is 18.5. The van der Waals surface area contributed by atoms with E-state index in [1.54, 1.807) is 5.32 Å². The molecule has 8 nitrogen and oxygen atoms in total. The molecule has 1 aliphatic heterocycles. The van der Waals surface area contributed by atoms with E-state index in [-0.39, 0.29) is 13.1 Å². The molecule has 1 aliphatic carbocycles. The number of carbonyl (C=O) groups excluding carboxylic acids is 1. The lowest BCUT2D eigenvalue weighted by Gasteiger charge is -2.26. The third kappa shape index (κ3) is 5.19. The summed E-state index contributed by atoms with van der Waals surface area (Å²) in [6.45, 7) is 2.84. The fraction of sp³-hybridized carbons (Fsp3) is 0.480. The number of nitrogens with zero attached hydrogens (tertiary/aromatic N) is 3. The predicted molar refractivity (Wildman–Crippen MR) is 130 cm³/mol. The van der Waals surface area contributed by atoms with Crippen LogP contribution in [-0.2, 0) is 0 Å². The van der Waals surface area contributed by atoms with E-state index in [0.717, 1.165) is 11.8 Å². The number of hydrogen-bond donors (Lipinski definition) is 3. The summed E-state index contributed by atoms with van der Waals surface area (Å²) in [7, 11) is 0. The summed E-state index contributed by atoms with van der Waals surface area (Å²) in [6, 6.07) is -1.82. The number of allylic oxidation sites excluding steroid dienone is 4. The average Bonchev–Trinajstić information content (AvgIpc) is 3.18. The lowest BCUT2D eigenvalue weighted by Crippen LogP contribution is -2.49. The molecule has 40 heavy (non-hydrogen) atoms. The van der Waals surface area contributed by atoms with E-state index in [9.17, 15) is 37.4 Å². The molecule has 3 heterocycles. The van der Waals surface area contributed by atoms with Crippen LogP contribution in [0.1, 0.15) is 31.1 Å². The van der Waals surface area contributed by atoms with Crippen LogP contribution < -0.4 is 15.6 Å². The number of halogens is 7. The van der Waals surface area contributed by atoms with E-state index in [4.69, 9.17) is 0 Å². The van der Waals surface area contributed by atoms with Gasteiger partial charge in [0.25, 0.3) is 5.91 Å². The highest BCUT2D eigenvalue weighted by Gasteiger charge is 2.43. The van der Waals surface area contributed by atoms with Crippen molar-refractivity contribution in [3.05, 3.63) is 51.6 Å². The molecule has 15 heteroatoms. The molecule has 3 N–H and O–H groups in total. The van der Waals surface area contributed by atoms with Crippen LogP contribution in [0.3, 0.4) is 0 Å². The minimum Gasteiger partial charge on any atom is -0.389 e. The Hall–Kier alpha value is -3.46. The number of fused-ring (bicyclic) bond motifs is 1. The molecule has 0 radical (unpaired) electrons. The number of aliphatic hydroxyl groups excluding tert-OH is 2. The van der Waals surface area contributed by atoms with Gasteiger partial charge in [0.1, 0.15) is 35.1 Å². The van der Waals surface area contributed by atoms with Gasteiger partial charge in [0.2, 0.25) is 5.43 Å². The molecule has 4 rings (SSSR count). The third-order valence-corrected chi connectivity index (χ3v) is 6.90. The molecular weight excluding hydrogens is 553 g/mol. The van der Waals surface area contributed by atoms with Gasteiger partial charge < -0.3 is 20.4 Å². The molecule has 218 valence electrons. The van der Waals surface area contributed by atoms with Gasteiger partial charge in [0.15, 0.2) is 17.3 Å². The minimum atomic E-state index is -4.91. The zero-order valence-corrected chi connectivity index (χ0v) is 21.3. The number of hydrogen-bond acceptors (Lipinski definition) is 6.